The molecule has 1 aliphatic rings. The summed E-state index contributed by atoms with van der Waals surface area (Å²) in [6.07, 6.45) is 2.47. The number of nitrogens with one attached hydrogen (secondary N) is 1. The molecule has 0 spiro atoms. The highest BCUT2D eigenvalue weighted by atomic mass is 35.5. The van der Waals surface area contributed by atoms with Crippen molar-refractivity contribution in [2.24, 2.45) is 0 Å². The molecule has 1 atom stereocenters. The standard InChI is InChI=1S/C26H23ClN4O4S/c27-19-8-11-21(12-9-19)36(34,35)31-14-4-7-24(31)25(32)29-20-10-13-23-22(15-20)26(33)30(17-28-23)16-18-5-2-1-3-6-18/h1-3,5-6,8-13,15,17,24H,4,7,14,16H2,(H,29,32)/t24-/m0/s1. The van der Waals surface area contributed by atoms with Gasteiger partial charge in [-0.05, 0) is 60.9 Å². The van der Waals surface area contributed by atoms with Crippen LogP contribution in [0.2, 0.25) is 5.02 Å². The summed E-state index contributed by atoms with van der Waals surface area (Å²) in [5.74, 6) is -0.446. The Bertz CT molecular complexity index is 1590. The second kappa shape index (κ2) is 9.85. The Hall–Kier alpha value is -3.53. The molecule has 5 rings (SSSR count). The number of fused-ring (bicyclic) bond motifs is 1. The Kier molecular flexibility index (Phi) is 6.61. The number of halogens is 1. The molecule has 1 aromatic heterocycles. The van der Waals surface area contributed by atoms with Gasteiger partial charge in [0.05, 0.1) is 28.7 Å². The van der Waals surface area contributed by atoms with Crippen molar-refractivity contribution in [3.8, 4) is 0 Å². The predicted octanol–water partition coefficient (Wildman–Crippen LogP) is 3.89. The van der Waals surface area contributed by atoms with Crippen LogP contribution in [0.3, 0.4) is 0 Å². The number of hydrogen-bond acceptors (Lipinski definition) is 5. The van der Waals surface area contributed by atoms with Crippen LogP contribution in [0.4, 0.5) is 5.69 Å². The highest BCUT2D eigenvalue weighted by Gasteiger charge is 2.39. The van der Waals surface area contributed by atoms with Crippen molar-refractivity contribution in [2.75, 3.05) is 11.9 Å². The number of rotatable bonds is 6. The molecule has 0 unspecified atom stereocenters. The molecule has 1 fully saturated rings. The van der Waals surface area contributed by atoms with E-state index >= 15 is 0 Å². The van der Waals surface area contributed by atoms with E-state index in [0.717, 1.165) is 5.56 Å². The Morgan fingerprint density at radius 1 is 1.06 bits per heavy atom. The fourth-order valence-electron chi connectivity index (χ4n) is 4.39. The Morgan fingerprint density at radius 3 is 2.56 bits per heavy atom. The number of carbonyl (C=O) groups is 1. The third-order valence-electron chi connectivity index (χ3n) is 6.21. The summed E-state index contributed by atoms with van der Waals surface area (Å²) in [7, 11) is -3.87. The number of carbonyl (C=O) groups excluding carboxylic acids is 1. The second-order valence-corrected chi connectivity index (χ2v) is 10.9. The fourth-order valence-corrected chi connectivity index (χ4v) is 6.17. The van der Waals surface area contributed by atoms with Gasteiger partial charge in [-0.25, -0.2) is 13.4 Å². The van der Waals surface area contributed by atoms with E-state index in [1.807, 2.05) is 30.3 Å². The minimum absolute atomic E-state index is 0.0855. The molecule has 3 aromatic carbocycles. The predicted molar refractivity (Wildman–Crippen MR) is 139 cm³/mol. The summed E-state index contributed by atoms with van der Waals surface area (Å²) in [5.41, 5.74) is 1.65. The Labute approximate surface area is 213 Å². The number of sulfonamides is 1. The fraction of sp³-hybridized carbons (Fsp3) is 0.192. The number of aromatic nitrogens is 2. The first-order chi connectivity index (χ1) is 17.3. The molecule has 4 aromatic rings. The van der Waals surface area contributed by atoms with E-state index in [4.69, 9.17) is 11.6 Å². The first-order valence-electron chi connectivity index (χ1n) is 11.4. The molecule has 1 saturated heterocycles. The molecule has 36 heavy (non-hydrogen) atoms. The summed E-state index contributed by atoms with van der Waals surface area (Å²) in [5, 5.41) is 3.59. The molecule has 10 heteroatoms. The highest BCUT2D eigenvalue weighted by Crippen LogP contribution is 2.28. The summed E-state index contributed by atoms with van der Waals surface area (Å²) in [4.78, 5) is 30.7. The third-order valence-corrected chi connectivity index (χ3v) is 8.39. The average Bonchev–Trinajstić information content (AvgIpc) is 3.38. The number of anilines is 1. The van der Waals surface area contributed by atoms with Crippen LogP contribution >= 0.6 is 11.6 Å². The maximum atomic E-state index is 13.2. The summed E-state index contributed by atoms with van der Waals surface area (Å²) in [6, 6.07) is 19.5. The van der Waals surface area contributed by atoms with Crippen LogP contribution in [0, 0.1) is 0 Å². The van der Waals surface area contributed by atoms with Crippen molar-refractivity contribution >= 4 is 44.1 Å². The van der Waals surface area contributed by atoms with Crippen molar-refractivity contribution in [1.29, 1.82) is 0 Å². The zero-order chi connectivity index (χ0) is 25.3. The van der Waals surface area contributed by atoms with Crippen LogP contribution in [0.15, 0.2) is 88.8 Å². The molecular formula is C26H23ClN4O4S. The molecule has 8 nitrogen and oxygen atoms in total. The van der Waals surface area contributed by atoms with Crippen molar-refractivity contribution in [2.45, 2.75) is 30.3 Å². The van der Waals surface area contributed by atoms with E-state index < -0.39 is 22.0 Å². The summed E-state index contributed by atoms with van der Waals surface area (Å²) >= 11 is 5.89. The lowest BCUT2D eigenvalue weighted by Gasteiger charge is -2.23. The van der Waals surface area contributed by atoms with Gasteiger partial charge in [-0.1, -0.05) is 41.9 Å². The molecule has 184 valence electrons. The van der Waals surface area contributed by atoms with Gasteiger partial charge in [0, 0.05) is 17.3 Å². The number of hydrogen-bond donors (Lipinski definition) is 1. The molecule has 1 aliphatic heterocycles. The van der Waals surface area contributed by atoms with Crippen molar-refractivity contribution < 1.29 is 13.2 Å². The van der Waals surface area contributed by atoms with E-state index in [9.17, 15) is 18.0 Å². The first kappa shape index (κ1) is 24.2. The zero-order valence-electron chi connectivity index (χ0n) is 19.2. The molecule has 0 radical (unpaired) electrons. The maximum Gasteiger partial charge on any atom is 0.261 e. The van der Waals surface area contributed by atoms with Gasteiger partial charge in [0.15, 0.2) is 0 Å². The second-order valence-electron chi connectivity index (χ2n) is 8.61. The van der Waals surface area contributed by atoms with Crippen LogP contribution in [0.25, 0.3) is 10.9 Å². The highest BCUT2D eigenvalue weighted by molar-refractivity contribution is 7.89. The largest absolute Gasteiger partial charge is 0.325 e. The molecular weight excluding hydrogens is 500 g/mol. The minimum atomic E-state index is -3.87. The zero-order valence-corrected chi connectivity index (χ0v) is 20.7. The molecule has 1 N–H and O–H groups in total. The van der Waals surface area contributed by atoms with Crippen molar-refractivity contribution in [3.05, 3.63) is 100 Å². The van der Waals surface area contributed by atoms with E-state index in [-0.39, 0.29) is 17.0 Å². The van der Waals surface area contributed by atoms with Gasteiger partial charge >= 0.3 is 0 Å². The van der Waals surface area contributed by atoms with E-state index in [2.05, 4.69) is 10.3 Å². The van der Waals surface area contributed by atoms with Gasteiger partial charge in [-0.3, -0.25) is 14.2 Å². The van der Waals surface area contributed by atoms with Gasteiger partial charge in [0.1, 0.15) is 6.04 Å². The molecule has 0 saturated carbocycles. The number of benzene rings is 3. The smallest absolute Gasteiger partial charge is 0.261 e. The lowest BCUT2D eigenvalue weighted by Crippen LogP contribution is -2.43. The molecule has 0 bridgehead atoms. The molecule has 1 amide bonds. The van der Waals surface area contributed by atoms with E-state index in [1.165, 1.54) is 39.5 Å². The first-order valence-corrected chi connectivity index (χ1v) is 13.3. The van der Waals surface area contributed by atoms with Crippen LogP contribution in [-0.2, 0) is 21.4 Å². The lowest BCUT2D eigenvalue weighted by atomic mass is 10.2. The van der Waals surface area contributed by atoms with Gasteiger partial charge < -0.3 is 5.32 Å². The SMILES string of the molecule is O=C(Nc1ccc2ncn(Cc3ccccc3)c(=O)c2c1)[C@@H]1CCCN1S(=O)(=O)c1ccc(Cl)cc1. The average molecular weight is 523 g/mol. The molecule has 2 heterocycles. The quantitative estimate of drug-likeness (QED) is 0.414. The van der Waals surface area contributed by atoms with Crippen molar-refractivity contribution in [1.82, 2.24) is 13.9 Å². The lowest BCUT2D eigenvalue weighted by molar-refractivity contribution is -0.119. The van der Waals surface area contributed by atoms with E-state index in [0.29, 0.717) is 41.0 Å². The van der Waals surface area contributed by atoms with Crippen LogP contribution in [0.5, 0.6) is 0 Å². The van der Waals surface area contributed by atoms with Gasteiger partial charge in [0.25, 0.3) is 5.56 Å². The van der Waals surface area contributed by atoms with Gasteiger partial charge in [0.2, 0.25) is 15.9 Å². The Morgan fingerprint density at radius 2 is 1.81 bits per heavy atom. The van der Waals surface area contributed by atoms with E-state index in [1.54, 1.807) is 18.2 Å². The summed E-state index contributed by atoms with van der Waals surface area (Å²) in [6.45, 7) is 0.619. The summed E-state index contributed by atoms with van der Waals surface area (Å²) < 4.78 is 29.1. The van der Waals surface area contributed by atoms with Crippen molar-refractivity contribution in [3.63, 3.8) is 0 Å². The third kappa shape index (κ3) is 4.77. The topological polar surface area (TPSA) is 101 Å². The Balaban J connectivity index is 1.38. The maximum absolute atomic E-state index is 13.2. The number of amides is 1. The minimum Gasteiger partial charge on any atom is -0.325 e. The monoisotopic (exact) mass is 522 g/mol. The van der Waals surface area contributed by atoms with Crippen LogP contribution in [0.1, 0.15) is 18.4 Å². The molecule has 0 aliphatic carbocycles. The number of nitrogens with zero attached hydrogens (tertiary/aromatic N) is 3. The van der Waals surface area contributed by atoms with Gasteiger partial charge in [-0.2, -0.15) is 4.31 Å². The van der Waals surface area contributed by atoms with Gasteiger partial charge in [-0.15, -0.1) is 0 Å². The van der Waals surface area contributed by atoms with Crippen LogP contribution < -0.4 is 10.9 Å². The normalized spacial score (nSPS) is 16.3. The van der Waals surface area contributed by atoms with Crippen LogP contribution in [-0.4, -0.2) is 40.8 Å².